The van der Waals surface area contributed by atoms with Crippen molar-refractivity contribution < 1.29 is 9.53 Å². The topological polar surface area (TPSA) is 79.9 Å². The molecule has 8 heteroatoms. The number of para-hydroxylation sites is 2. The van der Waals surface area contributed by atoms with Gasteiger partial charge in [-0.3, -0.25) is 9.89 Å². The lowest BCUT2D eigenvalue weighted by atomic mass is 10.3. The van der Waals surface area contributed by atoms with E-state index < -0.39 is 0 Å². The van der Waals surface area contributed by atoms with E-state index in [4.69, 9.17) is 4.74 Å². The zero-order valence-corrected chi connectivity index (χ0v) is 15.3. The number of H-pyrrole nitrogens is 1. The number of carbonyl (C=O) groups is 1. The van der Waals surface area contributed by atoms with Gasteiger partial charge in [0.05, 0.1) is 18.0 Å². The number of hydrogen-bond acceptors (Lipinski definition) is 6. The second kappa shape index (κ2) is 8.68. The molecule has 1 amide bonds. The van der Waals surface area contributed by atoms with Gasteiger partial charge in [-0.05, 0) is 30.5 Å². The Morgan fingerprint density at radius 1 is 1.32 bits per heavy atom. The number of carbonyl (C=O) groups excluding carboxylic acids is 1. The molecule has 0 atom stereocenters. The number of nitrogens with one attached hydrogen (secondary N) is 2. The van der Waals surface area contributed by atoms with E-state index in [9.17, 15) is 4.79 Å². The molecule has 130 valence electrons. The quantitative estimate of drug-likeness (QED) is 0.589. The van der Waals surface area contributed by atoms with Gasteiger partial charge in [-0.1, -0.05) is 30.0 Å². The smallest absolute Gasteiger partial charge is 0.234 e. The molecule has 25 heavy (non-hydrogen) atoms. The Morgan fingerprint density at radius 2 is 2.20 bits per heavy atom. The first-order valence-corrected chi connectivity index (χ1v) is 9.69. The maximum atomic E-state index is 12.2. The third-order valence-electron chi connectivity index (χ3n) is 3.23. The van der Waals surface area contributed by atoms with Gasteiger partial charge >= 0.3 is 0 Å². The van der Waals surface area contributed by atoms with Crippen molar-refractivity contribution in [2.45, 2.75) is 18.5 Å². The molecule has 0 saturated carbocycles. The number of anilines is 1. The van der Waals surface area contributed by atoms with Crippen LogP contribution >= 0.6 is 23.1 Å². The summed E-state index contributed by atoms with van der Waals surface area (Å²) >= 11 is 2.98. The van der Waals surface area contributed by atoms with Crippen molar-refractivity contribution in [1.29, 1.82) is 0 Å². The van der Waals surface area contributed by atoms with E-state index in [2.05, 4.69) is 26.6 Å². The molecule has 2 N–H and O–H groups in total. The van der Waals surface area contributed by atoms with Crippen molar-refractivity contribution in [2.24, 2.45) is 0 Å². The summed E-state index contributed by atoms with van der Waals surface area (Å²) in [5.41, 5.74) is 0.670. The minimum absolute atomic E-state index is 0.123. The summed E-state index contributed by atoms with van der Waals surface area (Å²) in [6, 6.07) is 11.5. The summed E-state index contributed by atoms with van der Waals surface area (Å²) in [6.07, 6.45) is 0.721. The third-order valence-corrected chi connectivity index (χ3v) is 4.95. The van der Waals surface area contributed by atoms with Crippen molar-refractivity contribution in [1.82, 2.24) is 15.2 Å². The van der Waals surface area contributed by atoms with Crippen molar-refractivity contribution in [3.05, 3.63) is 52.5 Å². The van der Waals surface area contributed by atoms with Crippen LogP contribution in [0.2, 0.25) is 0 Å². The summed E-state index contributed by atoms with van der Waals surface area (Å²) in [5.74, 6) is 1.57. The van der Waals surface area contributed by atoms with E-state index in [0.717, 1.165) is 12.2 Å². The number of thioether (sulfide) groups is 1. The van der Waals surface area contributed by atoms with Gasteiger partial charge in [0, 0.05) is 11.3 Å². The molecule has 0 radical (unpaired) electrons. The zero-order chi connectivity index (χ0) is 17.5. The molecule has 6 nitrogen and oxygen atoms in total. The fourth-order valence-electron chi connectivity index (χ4n) is 2.17. The van der Waals surface area contributed by atoms with Crippen LogP contribution in [0.1, 0.15) is 17.6 Å². The molecule has 0 fully saturated rings. The van der Waals surface area contributed by atoms with Crippen LogP contribution in [0.15, 0.2) is 46.9 Å². The van der Waals surface area contributed by atoms with Crippen molar-refractivity contribution >= 4 is 34.7 Å². The summed E-state index contributed by atoms with van der Waals surface area (Å²) in [6.45, 7) is 2.46. The maximum Gasteiger partial charge on any atom is 0.234 e. The molecular weight excluding hydrogens is 356 g/mol. The van der Waals surface area contributed by atoms with Crippen LogP contribution in [-0.2, 0) is 11.2 Å². The van der Waals surface area contributed by atoms with E-state index in [1.807, 2.05) is 42.6 Å². The van der Waals surface area contributed by atoms with Gasteiger partial charge in [0.2, 0.25) is 11.1 Å². The Labute approximate surface area is 154 Å². The summed E-state index contributed by atoms with van der Waals surface area (Å²) < 4.78 is 5.50. The molecule has 2 heterocycles. The number of rotatable bonds is 8. The molecule has 0 spiro atoms. The SMILES string of the molecule is CCOc1ccccc1NC(=O)CSc1n[nH]c(Cc2cccs2)n1. The monoisotopic (exact) mass is 374 g/mol. The highest BCUT2D eigenvalue weighted by Gasteiger charge is 2.11. The van der Waals surface area contributed by atoms with Gasteiger partial charge < -0.3 is 10.1 Å². The number of ether oxygens (including phenoxy) is 1. The van der Waals surface area contributed by atoms with Crippen LogP contribution in [-0.4, -0.2) is 33.4 Å². The molecule has 0 saturated heterocycles. The van der Waals surface area contributed by atoms with Gasteiger partial charge in [0.15, 0.2) is 0 Å². The predicted octanol–water partition coefficient (Wildman–Crippen LogP) is 3.59. The van der Waals surface area contributed by atoms with Gasteiger partial charge in [-0.15, -0.1) is 16.4 Å². The van der Waals surface area contributed by atoms with Gasteiger partial charge in [-0.2, -0.15) is 0 Å². The first-order valence-electron chi connectivity index (χ1n) is 7.82. The third kappa shape index (κ3) is 5.07. The number of hydrogen-bond donors (Lipinski definition) is 2. The second-order valence-electron chi connectivity index (χ2n) is 5.09. The van der Waals surface area contributed by atoms with Gasteiger partial charge in [0.1, 0.15) is 11.6 Å². The van der Waals surface area contributed by atoms with Crippen LogP contribution in [0.4, 0.5) is 5.69 Å². The van der Waals surface area contributed by atoms with E-state index in [1.165, 1.54) is 16.6 Å². The lowest BCUT2D eigenvalue weighted by Crippen LogP contribution is -2.15. The number of nitrogens with zero attached hydrogens (tertiary/aromatic N) is 2. The number of benzene rings is 1. The van der Waals surface area contributed by atoms with Crippen LogP contribution < -0.4 is 10.1 Å². The highest BCUT2D eigenvalue weighted by molar-refractivity contribution is 7.99. The lowest BCUT2D eigenvalue weighted by molar-refractivity contribution is -0.113. The van der Waals surface area contributed by atoms with Crippen molar-refractivity contribution in [3.63, 3.8) is 0 Å². The van der Waals surface area contributed by atoms with E-state index in [0.29, 0.717) is 23.2 Å². The Bertz CT molecular complexity index is 818. The average molecular weight is 374 g/mol. The predicted molar refractivity (Wildman–Crippen MR) is 100 cm³/mol. The fourth-order valence-corrected chi connectivity index (χ4v) is 3.49. The highest BCUT2D eigenvalue weighted by Crippen LogP contribution is 2.24. The molecule has 0 aliphatic rings. The second-order valence-corrected chi connectivity index (χ2v) is 7.06. The van der Waals surface area contributed by atoms with Gasteiger partial charge in [-0.25, -0.2) is 4.98 Å². The Balaban J connectivity index is 1.52. The molecule has 3 rings (SSSR count). The normalized spacial score (nSPS) is 10.6. The van der Waals surface area contributed by atoms with Crippen LogP contribution in [0.5, 0.6) is 5.75 Å². The Kier molecular flexibility index (Phi) is 6.08. The van der Waals surface area contributed by atoms with E-state index >= 15 is 0 Å². The summed E-state index contributed by atoms with van der Waals surface area (Å²) in [7, 11) is 0. The molecule has 2 aromatic heterocycles. The fraction of sp³-hybridized carbons (Fsp3) is 0.235. The van der Waals surface area contributed by atoms with E-state index in [1.54, 1.807) is 11.3 Å². The Morgan fingerprint density at radius 3 is 3.00 bits per heavy atom. The molecule has 0 aliphatic carbocycles. The molecule has 0 aliphatic heterocycles. The molecule has 0 bridgehead atoms. The number of amides is 1. The summed E-state index contributed by atoms with van der Waals surface area (Å²) in [5, 5.41) is 12.5. The van der Waals surface area contributed by atoms with Gasteiger partial charge in [0.25, 0.3) is 0 Å². The summed E-state index contributed by atoms with van der Waals surface area (Å²) in [4.78, 5) is 17.8. The highest BCUT2D eigenvalue weighted by atomic mass is 32.2. The lowest BCUT2D eigenvalue weighted by Gasteiger charge is -2.10. The number of aromatic nitrogens is 3. The van der Waals surface area contributed by atoms with Crippen LogP contribution in [0.3, 0.4) is 0 Å². The molecule has 3 aromatic rings. The molecule has 0 unspecified atom stereocenters. The first-order chi connectivity index (χ1) is 12.2. The minimum atomic E-state index is -0.123. The molecule has 1 aromatic carbocycles. The number of thiophene rings is 1. The van der Waals surface area contributed by atoms with E-state index in [-0.39, 0.29) is 11.7 Å². The average Bonchev–Trinajstić information content (AvgIpc) is 3.27. The number of aromatic amines is 1. The standard InChI is InChI=1S/C17H18N4O2S2/c1-2-23-14-8-4-3-7-13(14)18-16(22)11-25-17-19-15(20-21-17)10-12-6-5-9-24-12/h3-9H,2,10-11H2,1H3,(H,18,22)(H,19,20,21). The first kappa shape index (κ1) is 17.5. The van der Waals surface area contributed by atoms with Crippen molar-refractivity contribution in [2.75, 3.05) is 17.7 Å². The zero-order valence-electron chi connectivity index (χ0n) is 13.7. The van der Waals surface area contributed by atoms with Crippen LogP contribution in [0, 0.1) is 0 Å². The molecular formula is C17H18N4O2S2. The Hall–Kier alpha value is -2.32. The maximum absolute atomic E-state index is 12.2. The minimum Gasteiger partial charge on any atom is -0.492 e. The largest absolute Gasteiger partial charge is 0.492 e. The van der Waals surface area contributed by atoms with Crippen LogP contribution in [0.25, 0.3) is 0 Å². The van der Waals surface area contributed by atoms with Crippen molar-refractivity contribution in [3.8, 4) is 5.75 Å².